The lowest BCUT2D eigenvalue weighted by atomic mass is 9.92. The van der Waals surface area contributed by atoms with Gasteiger partial charge >= 0.3 is 6.09 Å². The molecule has 0 bridgehead atoms. The van der Waals surface area contributed by atoms with Crippen LogP contribution in [-0.4, -0.2) is 113 Å². The molecule has 3 saturated heterocycles. The molecule has 3 rings (SSSR count). The maximum Gasteiger partial charge on any atom is 0.407 e. The van der Waals surface area contributed by atoms with Crippen molar-refractivity contribution in [2.75, 3.05) is 33.0 Å². The molecule has 3 aliphatic rings. The zero-order valence-corrected chi connectivity index (χ0v) is 21.2. The number of aliphatic hydroxyl groups excluding tert-OH is 3. The SMILES string of the molecule is CCC[C@@H]1C[C@@H](C(=O)NC(C(C)Cl)[C@H]2O[C@H](SC)[C@H](O)[C@@H](O)[C@H]2O)N(C)C1.O=C1NCCO1. The minimum Gasteiger partial charge on any atom is -0.448 e. The first-order valence-electron chi connectivity index (χ1n) is 11.4. The van der Waals surface area contributed by atoms with E-state index in [0.717, 1.165) is 25.8 Å². The largest absolute Gasteiger partial charge is 0.448 e. The predicted molar refractivity (Wildman–Crippen MR) is 126 cm³/mol. The van der Waals surface area contributed by atoms with Gasteiger partial charge in [0.25, 0.3) is 0 Å². The number of ether oxygens (including phenoxy) is 2. The average Bonchev–Trinajstić information content (AvgIpc) is 3.39. The molecule has 0 spiro atoms. The first-order valence-corrected chi connectivity index (χ1v) is 13.1. The van der Waals surface area contributed by atoms with Gasteiger partial charge in [-0.25, -0.2) is 4.79 Å². The topological polar surface area (TPSA) is 141 Å². The van der Waals surface area contributed by atoms with Crippen molar-refractivity contribution in [2.45, 2.75) is 80.4 Å². The number of halogens is 1. The highest BCUT2D eigenvalue weighted by molar-refractivity contribution is 7.99. The molecule has 10 nitrogen and oxygen atoms in total. The second-order valence-corrected chi connectivity index (χ2v) is 10.4. The number of cyclic esters (lactones) is 1. The number of nitrogens with one attached hydrogen (secondary N) is 2. The van der Waals surface area contributed by atoms with E-state index in [1.807, 2.05) is 11.9 Å². The Kier molecular flexibility index (Phi) is 11.5. The van der Waals surface area contributed by atoms with Gasteiger partial charge < -0.3 is 35.4 Å². The van der Waals surface area contributed by atoms with Gasteiger partial charge in [0.15, 0.2) is 0 Å². The van der Waals surface area contributed by atoms with E-state index in [9.17, 15) is 24.9 Å². The summed E-state index contributed by atoms with van der Waals surface area (Å²) in [5.41, 5.74) is -0.702. The maximum atomic E-state index is 12.9. The standard InChI is InChI=1S/C18H33ClN2O5S.C3H5NO2/c1-5-6-10-7-11(21(3)8-10)17(25)20-12(9(2)19)16-14(23)13(22)15(24)18(26-16)27-4;5-3-4-1-2-6-3/h9-16,18,22-24H,5-8H2,1-4H3,(H,20,25);1-2H2,(H,4,5)/t9?,10-,11+,12?,13+,14-,15-,16-,18-;/m1./s1. The van der Waals surface area contributed by atoms with Crippen molar-refractivity contribution in [2.24, 2.45) is 5.92 Å². The molecule has 3 fully saturated rings. The molecule has 0 aliphatic carbocycles. The third-order valence-corrected chi connectivity index (χ3v) is 7.36. The summed E-state index contributed by atoms with van der Waals surface area (Å²) < 4.78 is 10.2. The Labute approximate surface area is 204 Å². The quantitative estimate of drug-likeness (QED) is 0.301. The molecule has 0 saturated carbocycles. The molecule has 3 heterocycles. The Hall–Kier alpha value is -0.820. The maximum absolute atomic E-state index is 12.9. The molecule has 3 aliphatic heterocycles. The van der Waals surface area contributed by atoms with E-state index in [1.54, 1.807) is 13.2 Å². The molecule has 0 aromatic rings. The first-order chi connectivity index (χ1) is 15.6. The zero-order valence-electron chi connectivity index (χ0n) is 19.6. The number of hydrogen-bond donors (Lipinski definition) is 5. The van der Waals surface area contributed by atoms with Gasteiger partial charge in [0.05, 0.1) is 24.0 Å². The summed E-state index contributed by atoms with van der Waals surface area (Å²) in [6, 6.07) is -0.934. The van der Waals surface area contributed by atoms with E-state index in [4.69, 9.17) is 16.3 Å². The number of thioether (sulfide) groups is 1. The molecule has 0 aromatic heterocycles. The predicted octanol–water partition coefficient (Wildman–Crippen LogP) is 0.116. The van der Waals surface area contributed by atoms with Crippen molar-refractivity contribution < 1.29 is 34.4 Å². The zero-order chi connectivity index (χ0) is 24.7. The van der Waals surface area contributed by atoms with E-state index in [2.05, 4.69) is 22.3 Å². The third-order valence-electron chi connectivity index (χ3n) is 6.24. The van der Waals surface area contributed by atoms with Gasteiger partial charge in [0.1, 0.15) is 36.5 Å². The van der Waals surface area contributed by atoms with Crippen LogP contribution in [0.1, 0.15) is 33.1 Å². The van der Waals surface area contributed by atoms with Crippen LogP contribution in [0, 0.1) is 5.92 Å². The first kappa shape index (κ1) is 28.4. The van der Waals surface area contributed by atoms with Crippen molar-refractivity contribution in [1.29, 1.82) is 0 Å². The van der Waals surface area contributed by atoms with E-state index in [1.165, 1.54) is 11.8 Å². The number of carbonyl (C=O) groups is 2. The number of amides is 2. The lowest BCUT2D eigenvalue weighted by molar-refractivity contribution is -0.205. The number of aliphatic hydroxyl groups is 3. The number of hydrogen-bond acceptors (Lipinski definition) is 9. The van der Waals surface area contributed by atoms with E-state index in [-0.39, 0.29) is 18.0 Å². The Balaban J connectivity index is 0.000000554. The monoisotopic (exact) mass is 511 g/mol. The fourth-order valence-corrected chi connectivity index (χ4v) is 5.35. The summed E-state index contributed by atoms with van der Waals surface area (Å²) in [5.74, 6) is 0.350. The summed E-state index contributed by atoms with van der Waals surface area (Å²) in [4.78, 5) is 24.9. The fourth-order valence-electron chi connectivity index (χ4n) is 4.46. The van der Waals surface area contributed by atoms with Crippen molar-refractivity contribution >= 4 is 35.4 Å². The molecular weight excluding hydrogens is 474 g/mol. The molecule has 2 unspecified atom stereocenters. The van der Waals surface area contributed by atoms with Crippen LogP contribution in [0.25, 0.3) is 0 Å². The minimum absolute atomic E-state index is 0.147. The molecular formula is C21H38ClN3O7S. The number of nitrogens with zero attached hydrogens (tertiary/aromatic N) is 1. The van der Waals surface area contributed by atoms with Gasteiger partial charge in [-0.05, 0) is 39.0 Å². The normalized spacial score (nSPS) is 36.2. The molecule has 33 heavy (non-hydrogen) atoms. The highest BCUT2D eigenvalue weighted by Gasteiger charge is 2.48. The fraction of sp³-hybridized carbons (Fsp3) is 0.905. The van der Waals surface area contributed by atoms with Crippen LogP contribution < -0.4 is 10.6 Å². The number of alkyl carbamates (subject to hydrolysis) is 1. The minimum atomic E-state index is -1.36. The lowest BCUT2D eigenvalue weighted by Gasteiger charge is -2.44. The lowest BCUT2D eigenvalue weighted by Crippen LogP contribution is -2.65. The van der Waals surface area contributed by atoms with Crippen LogP contribution in [0.4, 0.5) is 4.79 Å². The third kappa shape index (κ3) is 7.58. The summed E-state index contributed by atoms with van der Waals surface area (Å²) >= 11 is 7.55. The Morgan fingerprint density at radius 3 is 2.52 bits per heavy atom. The Morgan fingerprint density at radius 2 is 2.03 bits per heavy atom. The molecule has 192 valence electrons. The van der Waals surface area contributed by atoms with Gasteiger partial charge in [0, 0.05) is 6.54 Å². The second-order valence-electron chi connectivity index (χ2n) is 8.80. The Bertz CT molecular complexity index is 637. The highest BCUT2D eigenvalue weighted by Crippen LogP contribution is 2.31. The van der Waals surface area contributed by atoms with Crippen LogP contribution in [0.3, 0.4) is 0 Å². The van der Waals surface area contributed by atoms with Crippen molar-refractivity contribution in [3.63, 3.8) is 0 Å². The van der Waals surface area contributed by atoms with Gasteiger partial charge in [0.2, 0.25) is 5.91 Å². The smallest absolute Gasteiger partial charge is 0.407 e. The van der Waals surface area contributed by atoms with Crippen LogP contribution >= 0.6 is 23.4 Å². The number of likely N-dealkylation sites (tertiary alicyclic amines) is 1. The van der Waals surface area contributed by atoms with Gasteiger partial charge in [-0.1, -0.05) is 13.3 Å². The average molecular weight is 512 g/mol. The van der Waals surface area contributed by atoms with Gasteiger partial charge in [-0.3, -0.25) is 9.69 Å². The van der Waals surface area contributed by atoms with Gasteiger partial charge in [-0.15, -0.1) is 23.4 Å². The van der Waals surface area contributed by atoms with Crippen LogP contribution in [-0.2, 0) is 14.3 Å². The molecule has 2 amide bonds. The van der Waals surface area contributed by atoms with Crippen molar-refractivity contribution in [1.82, 2.24) is 15.5 Å². The number of rotatable bonds is 7. The Morgan fingerprint density at radius 1 is 1.33 bits per heavy atom. The van der Waals surface area contributed by atoms with E-state index in [0.29, 0.717) is 19.1 Å². The highest BCUT2D eigenvalue weighted by atomic mass is 35.5. The number of likely N-dealkylation sites (N-methyl/N-ethyl adjacent to an activating group) is 1. The molecule has 9 atom stereocenters. The molecule has 5 N–H and O–H groups in total. The number of carbonyl (C=O) groups excluding carboxylic acids is 2. The second kappa shape index (κ2) is 13.3. The molecule has 12 heteroatoms. The van der Waals surface area contributed by atoms with Crippen molar-refractivity contribution in [3.05, 3.63) is 0 Å². The summed E-state index contributed by atoms with van der Waals surface area (Å²) in [7, 11) is 1.94. The molecule has 0 aromatic carbocycles. The van der Waals surface area contributed by atoms with E-state index >= 15 is 0 Å². The van der Waals surface area contributed by atoms with Crippen molar-refractivity contribution in [3.8, 4) is 0 Å². The summed E-state index contributed by atoms with van der Waals surface area (Å²) in [6.07, 6.45) is -0.394. The van der Waals surface area contributed by atoms with E-state index < -0.39 is 41.3 Å². The van der Waals surface area contributed by atoms with Crippen LogP contribution in [0.2, 0.25) is 0 Å². The van der Waals surface area contributed by atoms with Gasteiger partial charge in [-0.2, -0.15) is 0 Å². The van der Waals surface area contributed by atoms with Crippen LogP contribution in [0.5, 0.6) is 0 Å². The number of alkyl halides is 1. The molecule has 0 radical (unpaired) electrons. The van der Waals surface area contributed by atoms with Crippen LogP contribution in [0.15, 0.2) is 0 Å². The summed E-state index contributed by atoms with van der Waals surface area (Å²) in [5, 5.41) is 35.5. The summed E-state index contributed by atoms with van der Waals surface area (Å²) in [6.45, 7) is 5.93.